The minimum absolute atomic E-state index is 0.0870. The smallest absolute Gasteiger partial charge is 0.308 e. The first-order valence-corrected chi connectivity index (χ1v) is 16.9. The molecule has 2 heteroatoms. The van der Waals surface area contributed by atoms with Gasteiger partial charge in [0.15, 0.2) is 0 Å². The third kappa shape index (κ3) is 26.5. The van der Waals surface area contributed by atoms with E-state index >= 15 is 0 Å². The molecule has 0 rings (SSSR count). The lowest BCUT2D eigenvalue weighted by Gasteiger charge is -2.16. The average molecular weight is 509 g/mol. The number of carbonyl (C=O) groups is 1. The van der Waals surface area contributed by atoms with Crippen LogP contribution in [0.4, 0.5) is 0 Å². The second kappa shape index (κ2) is 30.7. The van der Waals surface area contributed by atoms with Gasteiger partial charge in [-0.15, -0.1) is 0 Å². The Bertz CT molecular complexity index is 419. The minimum atomic E-state index is 0.0870. The molecule has 0 spiro atoms. The summed E-state index contributed by atoms with van der Waals surface area (Å²) in [6, 6.07) is 0. The molecule has 1 atom stereocenters. The van der Waals surface area contributed by atoms with Gasteiger partial charge in [0.2, 0.25) is 0 Å². The van der Waals surface area contributed by atoms with Crippen LogP contribution in [0.15, 0.2) is 0 Å². The summed E-state index contributed by atoms with van der Waals surface area (Å²) in [5.41, 5.74) is 0. The van der Waals surface area contributed by atoms with Crippen LogP contribution >= 0.6 is 0 Å². The summed E-state index contributed by atoms with van der Waals surface area (Å²) in [5, 5.41) is 0. The molecule has 0 heterocycles. The van der Waals surface area contributed by atoms with Crippen molar-refractivity contribution in [2.45, 2.75) is 201 Å². The molecule has 0 aromatic heterocycles. The van der Waals surface area contributed by atoms with E-state index in [-0.39, 0.29) is 11.9 Å². The first kappa shape index (κ1) is 35.5. The molecule has 1 unspecified atom stereocenters. The van der Waals surface area contributed by atoms with E-state index < -0.39 is 0 Å². The van der Waals surface area contributed by atoms with Crippen molar-refractivity contribution in [3.8, 4) is 0 Å². The van der Waals surface area contributed by atoms with Crippen LogP contribution in [0.1, 0.15) is 201 Å². The van der Waals surface area contributed by atoms with Gasteiger partial charge < -0.3 is 4.74 Å². The molecular formula is C34H68O2. The van der Waals surface area contributed by atoms with Gasteiger partial charge in [-0.1, -0.05) is 181 Å². The first-order chi connectivity index (χ1) is 17.8. The van der Waals surface area contributed by atoms with E-state index in [4.69, 9.17) is 4.74 Å². The zero-order chi connectivity index (χ0) is 26.4. The number of unbranched alkanes of at least 4 members (excludes halogenated alkanes) is 23. The average Bonchev–Trinajstić information content (AvgIpc) is 2.89. The summed E-state index contributed by atoms with van der Waals surface area (Å²) >= 11 is 0. The van der Waals surface area contributed by atoms with Gasteiger partial charge in [0.1, 0.15) is 0 Å². The quantitative estimate of drug-likeness (QED) is 0.0712. The summed E-state index contributed by atoms with van der Waals surface area (Å²) < 4.78 is 5.66. The molecule has 0 aliphatic heterocycles. The fourth-order valence-corrected chi connectivity index (χ4v) is 5.30. The highest BCUT2D eigenvalue weighted by Crippen LogP contribution is 2.20. The van der Waals surface area contributed by atoms with Crippen LogP contribution in [0, 0.1) is 5.92 Å². The van der Waals surface area contributed by atoms with Crippen molar-refractivity contribution in [2.24, 2.45) is 5.92 Å². The van der Waals surface area contributed by atoms with Gasteiger partial charge in [0.05, 0.1) is 12.5 Å². The molecular weight excluding hydrogens is 440 g/mol. The molecule has 0 aliphatic rings. The maximum atomic E-state index is 12.6. The molecule has 36 heavy (non-hydrogen) atoms. The molecule has 0 saturated carbocycles. The van der Waals surface area contributed by atoms with E-state index in [2.05, 4.69) is 20.8 Å². The number of carbonyl (C=O) groups excluding carboxylic acids is 1. The fraction of sp³-hybridized carbons (Fsp3) is 0.971. The second-order valence-corrected chi connectivity index (χ2v) is 11.6. The van der Waals surface area contributed by atoms with Crippen molar-refractivity contribution in [3.05, 3.63) is 0 Å². The molecule has 0 radical (unpaired) electrons. The van der Waals surface area contributed by atoms with E-state index in [1.165, 1.54) is 154 Å². The standard InChI is InChI=1S/C34H68O2/c1-4-7-10-12-14-15-16-17-18-19-20-21-22-23-24-25-26-28-31-33(30-9-6-3)34(35)36-32-29-27-13-11-8-5-2/h33H,4-32H2,1-3H3. The number of hydrogen-bond acceptors (Lipinski definition) is 2. The van der Waals surface area contributed by atoms with Gasteiger partial charge in [-0.3, -0.25) is 4.79 Å². The van der Waals surface area contributed by atoms with E-state index in [0.717, 1.165) is 25.7 Å². The van der Waals surface area contributed by atoms with Gasteiger partial charge in [-0.25, -0.2) is 0 Å². The van der Waals surface area contributed by atoms with Crippen LogP contribution in [0.2, 0.25) is 0 Å². The predicted octanol–water partition coefficient (Wildman–Crippen LogP) is 12.1. The number of esters is 1. The van der Waals surface area contributed by atoms with Gasteiger partial charge in [-0.2, -0.15) is 0 Å². The van der Waals surface area contributed by atoms with Crippen LogP contribution in [-0.2, 0) is 9.53 Å². The third-order valence-corrected chi connectivity index (χ3v) is 7.89. The van der Waals surface area contributed by atoms with Crippen LogP contribution in [0.5, 0.6) is 0 Å². The summed E-state index contributed by atoms with van der Waals surface area (Å²) in [7, 11) is 0. The molecule has 0 saturated heterocycles. The Kier molecular flexibility index (Phi) is 30.2. The van der Waals surface area contributed by atoms with Gasteiger partial charge in [0, 0.05) is 0 Å². The van der Waals surface area contributed by atoms with E-state index in [0.29, 0.717) is 6.61 Å². The van der Waals surface area contributed by atoms with Crippen molar-refractivity contribution in [1.29, 1.82) is 0 Å². The van der Waals surface area contributed by atoms with Gasteiger partial charge in [-0.05, 0) is 19.3 Å². The lowest BCUT2D eigenvalue weighted by Crippen LogP contribution is -2.18. The molecule has 0 N–H and O–H groups in total. The number of ether oxygens (including phenoxy) is 1. The second-order valence-electron chi connectivity index (χ2n) is 11.6. The van der Waals surface area contributed by atoms with Crippen molar-refractivity contribution in [3.63, 3.8) is 0 Å². The van der Waals surface area contributed by atoms with Crippen LogP contribution in [-0.4, -0.2) is 12.6 Å². The largest absolute Gasteiger partial charge is 0.465 e. The topological polar surface area (TPSA) is 26.3 Å². The molecule has 216 valence electrons. The van der Waals surface area contributed by atoms with Crippen molar-refractivity contribution in [1.82, 2.24) is 0 Å². The Morgan fingerprint density at radius 1 is 0.417 bits per heavy atom. The molecule has 0 bridgehead atoms. The number of hydrogen-bond donors (Lipinski definition) is 0. The Labute approximate surface area is 228 Å². The summed E-state index contributed by atoms with van der Waals surface area (Å²) in [5.74, 6) is 0.232. The summed E-state index contributed by atoms with van der Waals surface area (Å²) in [4.78, 5) is 12.6. The highest BCUT2D eigenvalue weighted by Gasteiger charge is 2.18. The SMILES string of the molecule is CCCCCCCCCCCCCCCCCCCCC(CCCC)C(=O)OCCCCCCCC. The van der Waals surface area contributed by atoms with Crippen LogP contribution in [0.25, 0.3) is 0 Å². The molecule has 0 aliphatic carbocycles. The zero-order valence-corrected chi connectivity index (χ0v) is 25.4. The van der Waals surface area contributed by atoms with Gasteiger partial charge in [0.25, 0.3) is 0 Å². The van der Waals surface area contributed by atoms with Crippen LogP contribution in [0.3, 0.4) is 0 Å². The normalized spacial score (nSPS) is 12.2. The third-order valence-electron chi connectivity index (χ3n) is 7.89. The Morgan fingerprint density at radius 2 is 0.722 bits per heavy atom. The number of rotatable bonds is 30. The monoisotopic (exact) mass is 509 g/mol. The maximum Gasteiger partial charge on any atom is 0.308 e. The van der Waals surface area contributed by atoms with E-state index in [1.54, 1.807) is 0 Å². The Hall–Kier alpha value is -0.530. The highest BCUT2D eigenvalue weighted by atomic mass is 16.5. The maximum absolute atomic E-state index is 12.6. The lowest BCUT2D eigenvalue weighted by atomic mass is 9.95. The van der Waals surface area contributed by atoms with Crippen LogP contribution < -0.4 is 0 Å². The van der Waals surface area contributed by atoms with Crippen molar-refractivity contribution in [2.75, 3.05) is 6.61 Å². The van der Waals surface area contributed by atoms with Crippen molar-refractivity contribution >= 4 is 5.97 Å². The predicted molar refractivity (Wildman–Crippen MR) is 161 cm³/mol. The van der Waals surface area contributed by atoms with Gasteiger partial charge >= 0.3 is 5.97 Å². The lowest BCUT2D eigenvalue weighted by molar-refractivity contribution is -0.149. The fourth-order valence-electron chi connectivity index (χ4n) is 5.30. The van der Waals surface area contributed by atoms with E-state index in [9.17, 15) is 4.79 Å². The molecule has 0 fully saturated rings. The van der Waals surface area contributed by atoms with Crippen molar-refractivity contribution < 1.29 is 9.53 Å². The minimum Gasteiger partial charge on any atom is -0.465 e. The summed E-state index contributed by atoms with van der Waals surface area (Å²) in [6.45, 7) is 7.39. The summed E-state index contributed by atoms with van der Waals surface area (Å²) in [6.07, 6.45) is 37.1. The molecule has 2 nitrogen and oxygen atoms in total. The molecule has 0 aromatic carbocycles. The first-order valence-electron chi connectivity index (χ1n) is 16.9. The molecule has 0 amide bonds. The Morgan fingerprint density at radius 3 is 1.11 bits per heavy atom. The van der Waals surface area contributed by atoms with E-state index in [1.807, 2.05) is 0 Å². The molecule has 0 aromatic rings. The Balaban J connectivity index is 3.54. The zero-order valence-electron chi connectivity index (χ0n) is 25.4. The highest BCUT2D eigenvalue weighted by molar-refractivity contribution is 5.72.